The van der Waals surface area contributed by atoms with Gasteiger partial charge in [0.15, 0.2) is 0 Å². The van der Waals surface area contributed by atoms with Crippen molar-refractivity contribution in [3.63, 3.8) is 0 Å². The molecule has 1 saturated heterocycles. The molecule has 1 fully saturated rings. The lowest BCUT2D eigenvalue weighted by molar-refractivity contribution is -0.122. The molecule has 8 heteroatoms. The fourth-order valence-electron chi connectivity index (χ4n) is 5.03. The predicted octanol–water partition coefficient (Wildman–Crippen LogP) is 3.58. The molecule has 2 aromatic carbocycles. The molecule has 2 heterocycles. The lowest BCUT2D eigenvalue weighted by atomic mass is 9.82. The number of para-hydroxylation sites is 2. The van der Waals surface area contributed by atoms with Crippen LogP contribution in [0.15, 0.2) is 71.0 Å². The Morgan fingerprint density at radius 1 is 0.914 bits per heavy atom. The summed E-state index contributed by atoms with van der Waals surface area (Å²) >= 11 is 0. The number of allylic oxidation sites excluding steroid dienone is 2. The first kappa shape index (κ1) is 22.6. The number of anilines is 2. The number of hydrogen-bond acceptors (Lipinski definition) is 4. The van der Waals surface area contributed by atoms with E-state index >= 15 is 0 Å². The van der Waals surface area contributed by atoms with E-state index in [1.54, 1.807) is 42.9 Å². The molecule has 35 heavy (non-hydrogen) atoms. The van der Waals surface area contributed by atoms with E-state index < -0.39 is 17.7 Å². The molecule has 1 aliphatic carbocycles. The van der Waals surface area contributed by atoms with Crippen LogP contribution in [0.4, 0.5) is 11.4 Å². The zero-order valence-corrected chi connectivity index (χ0v) is 19.8. The molecular formula is C27H26N4O4. The third kappa shape index (κ3) is 3.62. The third-order valence-electron chi connectivity index (χ3n) is 7.01. The maximum atomic E-state index is 13.4. The quantitative estimate of drug-likeness (QED) is 0.466. The summed E-state index contributed by atoms with van der Waals surface area (Å²) in [4.78, 5) is 54.2. The van der Waals surface area contributed by atoms with Crippen LogP contribution in [-0.2, 0) is 16.6 Å². The van der Waals surface area contributed by atoms with Crippen molar-refractivity contribution in [1.82, 2.24) is 9.36 Å². The molecule has 0 radical (unpaired) electrons. The summed E-state index contributed by atoms with van der Waals surface area (Å²) in [6, 6.07) is 15.7. The fourth-order valence-corrected chi connectivity index (χ4v) is 5.03. The van der Waals surface area contributed by atoms with E-state index in [1.807, 2.05) is 43.3 Å². The van der Waals surface area contributed by atoms with Gasteiger partial charge in [0.1, 0.15) is 5.69 Å². The summed E-state index contributed by atoms with van der Waals surface area (Å²) in [7, 11) is 1.74. The first-order chi connectivity index (χ1) is 16.8. The molecule has 0 spiro atoms. The van der Waals surface area contributed by atoms with Crippen LogP contribution in [0.1, 0.15) is 35.8 Å². The normalized spacial score (nSPS) is 19.5. The zero-order chi connectivity index (χ0) is 24.9. The maximum absolute atomic E-state index is 13.4. The number of aromatic nitrogens is 2. The van der Waals surface area contributed by atoms with Crippen LogP contribution in [-0.4, -0.2) is 27.1 Å². The molecule has 0 bridgehead atoms. The molecule has 3 aromatic rings. The molecule has 3 amide bonds. The molecule has 1 aromatic heterocycles. The van der Waals surface area contributed by atoms with Gasteiger partial charge in [-0.15, -0.1) is 0 Å². The maximum Gasteiger partial charge on any atom is 0.295 e. The van der Waals surface area contributed by atoms with E-state index in [4.69, 9.17) is 0 Å². The number of imide groups is 1. The summed E-state index contributed by atoms with van der Waals surface area (Å²) < 4.78 is 3.15. The minimum atomic E-state index is -0.559. The number of fused-ring (bicyclic) bond motifs is 1. The zero-order valence-electron chi connectivity index (χ0n) is 19.8. The van der Waals surface area contributed by atoms with Crippen molar-refractivity contribution in [2.45, 2.75) is 26.7 Å². The average Bonchev–Trinajstić information content (AvgIpc) is 3.23. The van der Waals surface area contributed by atoms with Crippen LogP contribution in [0.5, 0.6) is 0 Å². The Kier molecular flexibility index (Phi) is 5.51. The largest absolute Gasteiger partial charge is 0.316 e. The Bertz CT molecular complexity index is 1450. The second-order valence-corrected chi connectivity index (χ2v) is 9.12. The first-order valence-corrected chi connectivity index (χ1v) is 11.6. The fraction of sp³-hybridized carbons (Fsp3) is 0.259. The average molecular weight is 471 g/mol. The van der Waals surface area contributed by atoms with Crippen LogP contribution in [0.25, 0.3) is 5.69 Å². The van der Waals surface area contributed by atoms with Gasteiger partial charge in [-0.2, -0.15) is 0 Å². The van der Waals surface area contributed by atoms with Gasteiger partial charge >= 0.3 is 0 Å². The van der Waals surface area contributed by atoms with Crippen molar-refractivity contribution in [2.24, 2.45) is 18.9 Å². The van der Waals surface area contributed by atoms with Gasteiger partial charge in [0.25, 0.3) is 11.5 Å². The first-order valence-electron chi connectivity index (χ1n) is 11.6. The molecular weight excluding hydrogens is 444 g/mol. The molecule has 8 nitrogen and oxygen atoms in total. The van der Waals surface area contributed by atoms with Gasteiger partial charge in [0.05, 0.1) is 34.5 Å². The van der Waals surface area contributed by atoms with Crippen molar-refractivity contribution in [3.8, 4) is 5.69 Å². The molecule has 2 atom stereocenters. The number of amides is 3. The second kappa shape index (κ2) is 8.54. The van der Waals surface area contributed by atoms with E-state index in [0.717, 1.165) is 10.5 Å². The van der Waals surface area contributed by atoms with Crippen LogP contribution in [0, 0.1) is 18.8 Å². The van der Waals surface area contributed by atoms with Gasteiger partial charge in [-0.25, -0.2) is 9.58 Å². The van der Waals surface area contributed by atoms with Crippen LogP contribution >= 0.6 is 0 Å². The van der Waals surface area contributed by atoms with Gasteiger partial charge in [0.2, 0.25) is 11.8 Å². The molecule has 1 N–H and O–H groups in total. The predicted molar refractivity (Wildman–Crippen MR) is 133 cm³/mol. The van der Waals surface area contributed by atoms with Crippen LogP contribution in [0.3, 0.4) is 0 Å². The SMILES string of the molecule is CC1=CC[C@H]2C(=O)N(c3ccccc3C(=O)Nc3c(C)n(C)n(-c4ccccc4)c3=O)C(=O)[C@H]2C1. The van der Waals surface area contributed by atoms with Crippen molar-refractivity contribution in [2.75, 3.05) is 10.2 Å². The summed E-state index contributed by atoms with van der Waals surface area (Å²) in [5.41, 5.74) is 2.51. The summed E-state index contributed by atoms with van der Waals surface area (Å²) in [5, 5.41) is 2.74. The molecule has 0 unspecified atom stereocenters. The Hall–Kier alpha value is -4.20. The Morgan fingerprint density at radius 2 is 1.57 bits per heavy atom. The number of benzene rings is 2. The number of nitrogens with zero attached hydrogens (tertiary/aromatic N) is 3. The van der Waals surface area contributed by atoms with E-state index in [0.29, 0.717) is 24.2 Å². The molecule has 0 saturated carbocycles. The Morgan fingerprint density at radius 3 is 2.31 bits per heavy atom. The van der Waals surface area contributed by atoms with Gasteiger partial charge in [-0.1, -0.05) is 42.0 Å². The highest BCUT2D eigenvalue weighted by atomic mass is 16.2. The lowest BCUT2D eigenvalue weighted by Crippen LogP contribution is -2.33. The van der Waals surface area contributed by atoms with Crippen molar-refractivity contribution < 1.29 is 14.4 Å². The number of nitrogens with one attached hydrogen (secondary N) is 1. The molecule has 2 aliphatic rings. The molecule has 5 rings (SSSR count). The summed E-state index contributed by atoms with van der Waals surface area (Å²) in [6.07, 6.45) is 3.07. The van der Waals surface area contributed by atoms with E-state index in [9.17, 15) is 19.2 Å². The highest BCUT2D eigenvalue weighted by molar-refractivity contribution is 6.25. The topological polar surface area (TPSA) is 93.4 Å². The third-order valence-corrected chi connectivity index (χ3v) is 7.01. The number of hydrogen-bond donors (Lipinski definition) is 1. The summed E-state index contributed by atoms with van der Waals surface area (Å²) in [5.74, 6) is -1.94. The monoisotopic (exact) mass is 470 g/mol. The van der Waals surface area contributed by atoms with Gasteiger partial charge in [0, 0.05) is 7.05 Å². The minimum absolute atomic E-state index is 0.142. The Balaban J connectivity index is 1.49. The van der Waals surface area contributed by atoms with Gasteiger partial charge < -0.3 is 5.32 Å². The molecule has 178 valence electrons. The van der Waals surface area contributed by atoms with E-state index in [2.05, 4.69) is 5.32 Å². The number of rotatable bonds is 4. The van der Waals surface area contributed by atoms with E-state index in [-0.39, 0.29) is 34.3 Å². The highest BCUT2D eigenvalue weighted by Gasteiger charge is 2.49. The van der Waals surface area contributed by atoms with Crippen molar-refractivity contribution in [3.05, 3.63) is 87.9 Å². The van der Waals surface area contributed by atoms with Gasteiger partial charge in [-0.05, 0) is 51.0 Å². The minimum Gasteiger partial charge on any atom is -0.316 e. The number of carbonyl (C=O) groups excluding carboxylic acids is 3. The Labute approximate surface area is 202 Å². The van der Waals surface area contributed by atoms with Gasteiger partial charge in [-0.3, -0.25) is 23.9 Å². The summed E-state index contributed by atoms with van der Waals surface area (Å²) in [6.45, 7) is 3.71. The van der Waals surface area contributed by atoms with E-state index in [1.165, 1.54) is 4.68 Å². The highest BCUT2D eigenvalue weighted by Crippen LogP contribution is 2.40. The van der Waals surface area contributed by atoms with Crippen LogP contribution < -0.4 is 15.8 Å². The van der Waals surface area contributed by atoms with Crippen molar-refractivity contribution in [1.29, 1.82) is 0 Å². The number of carbonyl (C=O) groups is 3. The lowest BCUT2D eigenvalue weighted by Gasteiger charge is -2.19. The molecule has 1 aliphatic heterocycles. The van der Waals surface area contributed by atoms with Crippen molar-refractivity contribution >= 4 is 29.1 Å². The standard InChI is InChI=1S/C27H26N4O4/c1-16-13-14-19-21(15-16)26(34)30(25(19)33)22-12-8-7-11-20(22)24(32)28-23-17(2)29(3)31(27(23)35)18-9-5-4-6-10-18/h4-13,19,21H,14-15H2,1-3H3,(H,28,32)/t19-,21+/m1/s1. The second-order valence-electron chi connectivity index (χ2n) is 9.12. The smallest absolute Gasteiger partial charge is 0.295 e. The van der Waals surface area contributed by atoms with Crippen LogP contribution in [0.2, 0.25) is 0 Å².